The van der Waals surface area contributed by atoms with Crippen LogP contribution in [0.1, 0.15) is 111 Å². The van der Waals surface area contributed by atoms with Gasteiger partial charge in [0.1, 0.15) is 35.5 Å². The molecule has 2 bridgehead atoms. The first-order valence-corrected chi connectivity index (χ1v) is 22.0. The quantitative estimate of drug-likeness (QED) is 0.143. The number of carbonyl (C=O) groups excluding carboxylic acids is 1. The van der Waals surface area contributed by atoms with Gasteiger partial charge < -0.3 is 38.6 Å². The summed E-state index contributed by atoms with van der Waals surface area (Å²) in [5, 5.41) is 16.0. The van der Waals surface area contributed by atoms with Crippen LogP contribution < -0.4 is 14.4 Å². The fraction of sp³-hybridized carbons (Fsp3) is 0.511. The van der Waals surface area contributed by atoms with Gasteiger partial charge in [-0.05, 0) is 107 Å². The van der Waals surface area contributed by atoms with Gasteiger partial charge in [0, 0.05) is 60.5 Å². The maximum absolute atomic E-state index is 16.6. The molecule has 2 aromatic heterocycles. The first kappa shape index (κ1) is 40.5. The predicted molar refractivity (Wildman–Crippen MR) is 228 cm³/mol. The lowest BCUT2D eigenvalue weighted by Gasteiger charge is -2.36. The van der Waals surface area contributed by atoms with Crippen molar-refractivity contribution in [3.8, 4) is 22.9 Å². The topological polar surface area (TPSA) is 151 Å². The van der Waals surface area contributed by atoms with Crippen LogP contribution >= 0.6 is 0 Å². The SMILES string of the molecule is Cc1c(F)cc2c(cnn2C2CCCCO2)c1-c1c(C2CC2)cc2c(N3C[C@@H]4C[C@H]3CN4C(=O)OC(C)(C)C)nc(OC3CCOCC3)nc2c1OCc1ccc(C(=O)O)cc1. The van der Waals surface area contributed by atoms with Crippen molar-refractivity contribution < 1.29 is 42.8 Å². The van der Waals surface area contributed by atoms with Gasteiger partial charge >= 0.3 is 18.1 Å². The predicted octanol–water partition coefficient (Wildman–Crippen LogP) is 8.70. The number of halogens is 1. The van der Waals surface area contributed by atoms with Crippen LogP contribution in [0.2, 0.25) is 0 Å². The van der Waals surface area contributed by atoms with E-state index in [1.54, 1.807) is 37.3 Å². The summed E-state index contributed by atoms with van der Waals surface area (Å²) in [6.07, 6.45) is 7.81. The smallest absolute Gasteiger partial charge is 0.410 e. The van der Waals surface area contributed by atoms with E-state index in [2.05, 4.69) is 11.0 Å². The van der Waals surface area contributed by atoms with Crippen LogP contribution in [0.3, 0.4) is 0 Å². The zero-order chi connectivity index (χ0) is 42.9. The molecule has 10 rings (SSSR count). The zero-order valence-corrected chi connectivity index (χ0v) is 35.7. The van der Waals surface area contributed by atoms with E-state index in [0.717, 1.165) is 66.0 Å². The second kappa shape index (κ2) is 16.0. The van der Waals surface area contributed by atoms with Gasteiger partial charge in [-0.2, -0.15) is 15.1 Å². The summed E-state index contributed by atoms with van der Waals surface area (Å²) in [6, 6.07) is 10.4. The number of carbonyl (C=O) groups is 2. The van der Waals surface area contributed by atoms with Gasteiger partial charge in [0.15, 0.2) is 12.0 Å². The van der Waals surface area contributed by atoms with Crippen LogP contribution in [0.5, 0.6) is 11.8 Å². The molecule has 1 N–H and O–H groups in total. The van der Waals surface area contributed by atoms with Crippen molar-refractivity contribution >= 4 is 39.7 Å². The number of aromatic carboxylic acids is 1. The zero-order valence-electron chi connectivity index (χ0n) is 35.7. The van der Waals surface area contributed by atoms with E-state index in [0.29, 0.717) is 79.5 Å². The average molecular weight is 849 g/mol. The number of amides is 1. The number of anilines is 1. The first-order valence-electron chi connectivity index (χ1n) is 22.0. The summed E-state index contributed by atoms with van der Waals surface area (Å²) in [6.45, 7) is 10.3. The third kappa shape index (κ3) is 7.67. The van der Waals surface area contributed by atoms with Crippen molar-refractivity contribution in [2.75, 3.05) is 37.8 Å². The molecule has 0 spiro atoms. The standard InChI is InChI=1S/C47H53FN6O8/c1-26-36(48)21-37-35(22-49-54(37)38-7-5-6-16-59-38)39(26)40-33(28-12-13-28)20-34-41(42(40)60-25-27-8-10-29(11-9-27)44(55)56)50-45(61-32-14-17-58-18-15-32)51-43(34)52-23-31-19-30(52)24-53(31)46(57)62-47(2,3)4/h8-11,20-22,28,30-32,38H,5-7,12-19,23-25H2,1-4H3,(H,55,56)/t30-,31-,38?/m0/s1. The van der Waals surface area contributed by atoms with E-state index >= 15 is 4.39 Å². The fourth-order valence-electron chi connectivity index (χ4n) is 9.65. The molecule has 62 heavy (non-hydrogen) atoms. The number of nitrogens with zero attached hydrogens (tertiary/aromatic N) is 6. The lowest BCUT2D eigenvalue weighted by atomic mass is 9.88. The Balaban J connectivity index is 1.17. The Morgan fingerprint density at radius 1 is 0.935 bits per heavy atom. The van der Waals surface area contributed by atoms with E-state index in [4.69, 9.17) is 38.8 Å². The van der Waals surface area contributed by atoms with E-state index in [1.165, 1.54) is 0 Å². The van der Waals surface area contributed by atoms with E-state index in [-0.39, 0.29) is 60.4 Å². The number of likely N-dealkylation sites (tertiary alicyclic amines) is 1. The number of carboxylic acid groups (broad SMARTS) is 1. The van der Waals surface area contributed by atoms with Crippen LogP contribution in [0, 0.1) is 12.7 Å². The van der Waals surface area contributed by atoms with E-state index < -0.39 is 11.6 Å². The maximum atomic E-state index is 16.6. The normalized spacial score (nSPS) is 21.9. The molecule has 1 amide bonds. The molecule has 6 heterocycles. The summed E-state index contributed by atoms with van der Waals surface area (Å²) in [7, 11) is 0. The minimum absolute atomic E-state index is 0.0272. The molecule has 15 heteroatoms. The largest absolute Gasteiger partial charge is 0.486 e. The van der Waals surface area contributed by atoms with Gasteiger partial charge in [0.2, 0.25) is 0 Å². The molecule has 326 valence electrons. The monoisotopic (exact) mass is 848 g/mol. The molecule has 1 aliphatic carbocycles. The maximum Gasteiger partial charge on any atom is 0.410 e. The van der Waals surface area contributed by atoms with Crippen LogP contribution in [-0.2, 0) is 20.8 Å². The van der Waals surface area contributed by atoms with Crippen LogP contribution in [0.15, 0.2) is 42.6 Å². The van der Waals surface area contributed by atoms with Crippen LogP contribution in [-0.4, -0.2) is 98.5 Å². The van der Waals surface area contributed by atoms with E-state index in [1.807, 2.05) is 36.5 Å². The Kier molecular flexibility index (Phi) is 10.4. The second-order valence-corrected chi connectivity index (χ2v) is 18.4. The molecule has 14 nitrogen and oxygen atoms in total. The lowest BCUT2D eigenvalue weighted by Crippen LogP contribution is -2.50. The Bertz CT molecular complexity index is 2540. The summed E-state index contributed by atoms with van der Waals surface area (Å²) in [4.78, 5) is 39.6. The molecule has 5 fully saturated rings. The molecule has 3 aromatic carbocycles. The highest BCUT2D eigenvalue weighted by Crippen LogP contribution is 2.54. The molecule has 1 saturated carbocycles. The van der Waals surface area contributed by atoms with Gasteiger partial charge in [-0.15, -0.1) is 0 Å². The van der Waals surface area contributed by atoms with Crippen molar-refractivity contribution in [2.45, 2.75) is 122 Å². The van der Waals surface area contributed by atoms with E-state index in [9.17, 15) is 14.7 Å². The molecule has 0 radical (unpaired) electrons. The molecule has 3 atom stereocenters. The minimum Gasteiger partial charge on any atom is -0.486 e. The van der Waals surface area contributed by atoms with Crippen LogP contribution in [0.4, 0.5) is 15.0 Å². The summed E-state index contributed by atoms with van der Waals surface area (Å²) < 4.78 is 49.6. The lowest BCUT2D eigenvalue weighted by molar-refractivity contribution is -0.0367. The third-order valence-corrected chi connectivity index (χ3v) is 12.9. The van der Waals surface area contributed by atoms with Crippen molar-refractivity contribution in [3.63, 3.8) is 0 Å². The number of hydrogen-bond acceptors (Lipinski definition) is 11. The van der Waals surface area contributed by atoms with Crippen molar-refractivity contribution in [1.29, 1.82) is 0 Å². The van der Waals surface area contributed by atoms with Gasteiger partial charge in [-0.25, -0.2) is 18.7 Å². The Hall–Kier alpha value is -5.54. The van der Waals surface area contributed by atoms with Gasteiger partial charge in [-0.3, -0.25) is 0 Å². The molecule has 4 aliphatic heterocycles. The Morgan fingerprint density at radius 3 is 2.40 bits per heavy atom. The molecule has 5 aromatic rings. The number of carboxylic acids is 1. The molecular formula is C47H53FN6O8. The number of benzene rings is 3. The summed E-state index contributed by atoms with van der Waals surface area (Å²) >= 11 is 0. The minimum atomic E-state index is -1.02. The second-order valence-electron chi connectivity index (χ2n) is 18.4. The highest BCUT2D eigenvalue weighted by Gasteiger charge is 2.48. The fourth-order valence-corrected chi connectivity index (χ4v) is 9.65. The number of ether oxygens (including phenoxy) is 5. The van der Waals surface area contributed by atoms with Crippen molar-refractivity contribution in [1.82, 2.24) is 24.6 Å². The average Bonchev–Trinajstić information content (AvgIpc) is 3.69. The highest BCUT2D eigenvalue weighted by molar-refractivity contribution is 6.06. The summed E-state index contributed by atoms with van der Waals surface area (Å²) in [5.74, 6) is -0.0512. The number of rotatable bonds is 10. The highest BCUT2D eigenvalue weighted by atomic mass is 19.1. The molecular weight excluding hydrogens is 796 g/mol. The molecule has 1 unspecified atom stereocenters. The van der Waals surface area contributed by atoms with Gasteiger partial charge in [0.25, 0.3) is 0 Å². The first-order chi connectivity index (χ1) is 29.9. The number of fused-ring (bicyclic) bond motifs is 4. The molecule has 4 saturated heterocycles. The number of piperazine rings is 1. The van der Waals surface area contributed by atoms with Gasteiger partial charge in [-0.1, -0.05) is 12.1 Å². The van der Waals surface area contributed by atoms with Crippen molar-refractivity contribution in [3.05, 3.63) is 70.7 Å². The number of hydrogen-bond donors (Lipinski definition) is 1. The molecule has 5 aliphatic rings. The Labute approximate surface area is 359 Å². The van der Waals surface area contributed by atoms with Crippen molar-refractivity contribution in [2.24, 2.45) is 0 Å². The third-order valence-electron chi connectivity index (χ3n) is 12.9. The summed E-state index contributed by atoms with van der Waals surface area (Å²) in [5.41, 5.74) is 4.37. The Morgan fingerprint density at radius 2 is 1.73 bits per heavy atom. The van der Waals surface area contributed by atoms with Gasteiger partial charge in [0.05, 0.1) is 42.6 Å². The van der Waals surface area contributed by atoms with Crippen LogP contribution in [0.25, 0.3) is 32.9 Å². The number of aromatic nitrogens is 4.